The molecule has 0 bridgehead atoms. The van der Waals surface area contributed by atoms with Gasteiger partial charge in [-0.3, -0.25) is 14.5 Å². The summed E-state index contributed by atoms with van der Waals surface area (Å²) in [5.74, 6) is -0.809. The number of halogens is 2. The molecule has 35 heavy (non-hydrogen) atoms. The lowest BCUT2D eigenvalue weighted by molar-refractivity contribution is -0.117. The summed E-state index contributed by atoms with van der Waals surface area (Å²) in [6, 6.07) is 21.7. The summed E-state index contributed by atoms with van der Waals surface area (Å²) in [6.45, 7) is 3.85. The quantitative estimate of drug-likeness (QED) is 0.300. The molecule has 1 atom stereocenters. The van der Waals surface area contributed by atoms with Crippen LogP contribution in [0, 0.1) is 25.2 Å². The molecule has 0 radical (unpaired) electrons. The highest BCUT2D eigenvalue weighted by molar-refractivity contribution is 8.05. The minimum absolute atomic E-state index is 0.133. The van der Waals surface area contributed by atoms with Gasteiger partial charge in [0.25, 0.3) is 5.91 Å². The highest BCUT2D eigenvalue weighted by atomic mass is 35.5. The van der Waals surface area contributed by atoms with Crippen molar-refractivity contribution in [2.45, 2.75) is 25.5 Å². The number of amides is 2. The van der Waals surface area contributed by atoms with Crippen molar-refractivity contribution in [3.8, 4) is 6.07 Å². The van der Waals surface area contributed by atoms with E-state index in [1.165, 1.54) is 16.7 Å². The van der Waals surface area contributed by atoms with Crippen LogP contribution >= 0.6 is 35.0 Å². The molecule has 0 spiro atoms. The Morgan fingerprint density at radius 2 is 1.83 bits per heavy atom. The number of hydrogen-bond donors (Lipinski definition) is 1. The van der Waals surface area contributed by atoms with Gasteiger partial charge in [0.1, 0.15) is 16.7 Å². The predicted molar refractivity (Wildman–Crippen MR) is 143 cm³/mol. The van der Waals surface area contributed by atoms with E-state index in [1.807, 2.05) is 38.1 Å². The highest BCUT2D eigenvalue weighted by Crippen LogP contribution is 2.42. The molecule has 1 fully saturated rings. The van der Waals surface area contributed by atoms with Crippen LogP contribution in [0.25, 0.3) is 0 Å². The molecule has 0 saturated carbocycles. The maximum atomic E-state index is 13.6. The molecule has 8 heteroatoms. The largest absolute Gasteiger partial charge is 0.321 e. The Kier molecular flexibility index (Phi) is 7.51. The van der Waals surface area contributed by atoms with Gasteiger partial charge in [0.15, 0.2) is 0 Å². The second-order valence-corrected chi connectivity index (χ2v) is 10.2. The molecule has 1 saturated heterocycles. The number of benzene rings is 3. The van der Waals surface area contributed by atoms with Crippen LogP contribution in [0.3, 0.4) is 0 Å². The van der Waals surface area contributed by atoms with E-state index < -0.39 is 11.2 Å². The topological polar surface area (TPSA) is 73.2 Å². The molecule has 176 valence electrons. The minimum atomic E-state index is -0.585. The van der Waals surface area contributed by atoms with E-state index in [1.54, 1.807) is 48.5 Å². The van der Waals surface area contributed by atoms with Crippen molar-refractivity contribution >= 4 is 58.2 Å². The van der Waals surface area contributed by atoms with Crippen LogP contribution in [0.5, 0.6) is 0 Å². The number of carbonyl (C=O) groups is 2. The van der Waals surface area contributed by atoms with E-state index in [9.17, 15) is 14.9 Å². The van der Waals surface area contributed by atoms with Gasteiger partial charge >= 0.3 is 0 Å². The molecule has 0 aromatic heterocycles. The molecule has 1 heterocycles. The van der Waals surface area contributed by atoms with Crippen LogP contribution in [0.1, 0.15) is 16.7 Å². The third kappa shape index (κ3) is 5.38. The molecule has 3 aromatic carbocycles. The minimum Gasteiger partial charge on any atom is -0.321 e. The molecule has 1 aliphatic rings. The first-order valence-corrected chi connectivity index (χ1v) is 12.4. The Labute approximate surface area is 218 Å². The van der Waals surface area contributed by atoms with E-state index in [4.69, 9.17) is 23.2 Å². The first-order chi connectivity index (χ1) is 16.8. The van der Waals surface area contributed by atoms with Crippen molar-refractivity contribution < 1.29 is 9.59 Å². The van der Waals surface area contributed by atoms with E-state index in [2.05, 4.69) is 5.32 Å². The van der Waals surface area contributed by atoms with Gasteiger partial charge in [-0.1, -0.05) is 70.9 Å². The van der Waals surface area contributed by atoms with Gasteiger partial charge in [-0.2, -0.15) is 5.26 Å². The van der Waals surface area contributed by atoms with Gasteiger partial charge in [0.05, 0.1) is 5.25 Å². The predicted octanol–water partition coefficient (Wildman–Crippen LogP) is 6.68. The monoisotopic (exact) mass is 521 g/mol. The number of nitriles is 1. The average molecular weight is 522 g/mol. The average Bonchev–Trinajstić information content (AvgIpc) is 3.14. The zero-order chi connectivity index (χ0) is 25.1. The maximum absolute atomic E-state index is 13.6. The Hall–Kier alpha value is -3.24. The van der Waals surface area contributed by atoms with Crippen LogP contribution < -0.4 is 10.2 Å². The maximum Gasteiger partial charge on any atom is 0.269 e. The number of nitrogens with zero attached hydrogens (tertiary/aromatic N) is 2. The van der Waals surface area contributed by atoms with Crippen LogP contribution in [0.2, 0.25) is 10.0 Å². The van der Waals surface area contributed by atoms with E-state index in [0.29, 0.717) is 27.8 Å². The lowest BCUT2D eigenvalue weighted by Gasteiger charge is -2.19. The molecule has 4 rings (SSSR count). The summed E-state index contributed by atoms with van der Waals surface area (Å²) in [7, 11) is 0. The molecule has 0 aliphatic carbocycles. The second kappa shape index (κ2) is 10.6. The van der Waals surface area contributed by atoms with E-state index in [0.717, 1.165) is 16.7 Å². The summed E-state index contributed by atoms with van der Waals surface area (Å²) in [4.78, 5) is 28.2. The smallest absolute Gasteiger partial charge is 0.269 e. The fourth-order valence-electron chi connectivity index (χ4n) is 3.84. The molecule has 3 aromatic rings. The number of aryl methyl sites for hydroxylation is 2. The number of para-hydroxylation sites is 1. The molecule has 1 aliphatic heterocycles. The van der Waals surface area contributed by atoms with Crippen molar-refractivity contribution in [2.75, 3.05) is 10.2 Å². The first kappa shape index (κ1) is 24.9. The van der Waals surface area contributed by atoms with E-state index in [-0.39, 0.29) is 16.5 Å². The fraction of sp³-hybridized carbons (Fsp3) is 0.148. The van der Waals surface area contributed by atoms with Crippen LogP contribution in [-0.4, -0.2) is 17.1 Å². The van der Waals surface area contributed by atoms with Crippen molar-refractivity contribution in [1.29, 1.82) is 5.26 Å². The van der Waals surface area contributed by atoms with Crippen LogP contribution in [0.4, 0.5) is 11.4 Å². The Balaban J connectivity index is 1.74. The molecular weight excluding hydrogens is 501 g/mol. The Morgan fingerprint density at radius 3 is 2.51 bits per heavy atom. The van der Waals surface area contributed by atoms with Gasteiger partial charge in [-0.05, 0) is 67.8 Å². The summed E-state index contributed by atoms with van der Waals surface area (Å²) in [5, 5.41) is 13.5. The van der Waals surface area contributed by atoms with Gasteiger partial charge in [0.2, 0.25) is 5.91 Å². The molecule has 2 amide bonds. The summed E-state index contributed by atoms with van der Waals surface area (Å²) < 4.78 is 0. The van der Waals surface area contributed by atoms with Crippen molar-refractivity contribution in [3.63, 3.8) is 0 Å². The van der Waals surface area contributed by atoms with Crippen LogP contribution in [-0.2, 0) is 16.0 Å². The SMILES string of the molecule is Cc1ccc(NC(=O)C(C#N)=C2SC(Cc3cc(Cl)ccc3Cl)C(=O)N2c2ccccc2)c(C)c1. The third-order valence-electron chi connectivity index (χ3n) is 5.56. The van der Waals surface area contributed by atoms with Crippen molar-refractivity contribution in [1.82, 2.24) is 0 Å². The third-order valence-corrected chi connectivity index (χ3v) is 7.43. The standard InChI is InChI=1S/C27H21Cl2N3O2S/c1-16-8-11-23(17(2)12-16)31-25(33)21(15-30)27-32(20-6-4-3-5-7-20)26(34)24(35-27)14-18-13-19(28)9-10-22(18)29/h3-13,24H,14H2,1-2H3,(H,31,33). The number of rotatable bonds is 5. The summed E-state index contributed by atoms with van der Waals surface area (Å²) >= 11 is 13.7. The van der Waals surface area contributed by atoms with Gasteiger partial charge in [-0.15, -0.1) is 0 Å². The number of thioether (sulfide) groups is 1. The number of nitrogens with one attached hydrogen (secondary N) is 1. The molecule has 5 nitrogen and oxygen atoms in total. The highest BCUT2D eigenvalue weighted by Gasteiger charge is 2.41. The lowest BCUT2D eigenvalue weighted by atomic mass is 10.1. The molecule has 1 unspecified atom stereocenters. The lowest BCUT2D eigenvalue weighted by Crippen LogP contribution is -2.31. The summed E-state index contributed by atoms with van der Waals surface area (Å²) in [6.07, 6.45) is 0.299. The zero-order valence-electron chi connectivity index (χ0n) is 19.0. The number of hydrogen-bond acceptors (Lipinski definition) is 4. The first-order valence-electron chi connectivity index (χ1n) is 10.8. The van der Waals surface area contributed by atoms with Gasteiger partial charge in [-0.25, -0.2) is 0 Å². The zero-order valence-corrected chi connectivity index (χ0v) is 21.3. The van der Waals surface area contributed by atoms with E-state index >= 15 is 0 Å². The van der Waals surface area contributed by atoms with Crippen molar-refractivity contribution in [3.05, 3.63) is 104 Å². The number of anilines is 2. The fourth-order valence-corrected chi connectivity index (χ4v) is 5.52. The van der Waals surface area contributed by atoms with Crippen LogP contribution in [0.15, 0.2) is 77.3 Å². The Morgan fingerprint density at radius 1 is 1.09 bits per heavy atom. The second-order valence-electron chi connectivity index (χ2n) is 8.12. The molecule has 1 N–H and O–H groups in total. The number of carbonyl (C=O) groups excluding carboxylic acids is 2. The summed E-state index contributed by atoms with van der Waals surface area (Å²) in [5.41, 5.74) is 3.71. The Bertz CT molecular complexity index is 1380. The van der Waals surface area contributed by atoms with Crippen molar-refractivity contribution in [2.24, 2.45) is 0 Å². The molecular formula is C27H21Cl2N3O2S. The normalized spacial score (nSPS) is 16.7. The van der Waals surface area contributed by atoms with Gasteiger partial charge < -0.3 is 5.32 Å². The van der Waals surface area contributed by atoms with Gasteiger partial charge in [0, 0.05) is 21.4 Å².